The Bertz CT molecular complexity index is 661. The second-order valence-electron chi connectivity index (χ2n) is 5.01. The first-order valence-electron chi connectivity index (χ1n) is 6.71. The number of alkyl halides is 2. The van der Waals surface area contributed by atoms with Crippen LogP contribution < -0.4 is 5.32 Å². The van der Waals surface area contributed by atoms with Crippen LogP contribution in [0.4, 0.5) is 8.78 Å². The lowest BCUT2D eigenvalue weighted by Crippen LogP contribution is -2.22. The van der Waals surface area contributed by atoms with Crippen LogP contribution in [0.2, 0.25) is 0 Å². The van der Waals surface area contributed by atoms with Gasteiger partial charge >= 0.3 is 0 Å². The largest absolute Gasteiger partial charge is 0.348 e. The predicted molar refractivity (Wildman–Crippen MR) is 86.4 cm³/mol. The van der Waals surface area contributed by atoms with Gasteiger partial charge in [0.05, 0.1) is 0 Å². The Morgan fingerprint density at radius 2 is 1.73 bits per heavy atom. The third-order valence-corrected chi connectivity index (χ3v) is 3.50. The number of carbonyl (C=O) groups is 1. The normalized spacial score (nSPS) is 11.0. The molecule has 0 aromatic heterocycles. The summed E-state index contributed by atoms with van der Waals surface area (Å²) in [5.74, 6) is -3.08. The maximum absolute atomic E-state index is 13.1. The van der Waals surface area contributed by atoms with Crippen LogP contribution in [-0.4, -0.2) is 11.3 Å². The first kappa shape index (κ1) is 16.2. The van der Waals surface area contributed by atoms with Gasteiger partial charge in [0.1, 0.15) is 0 Å². The Balaban J connectivity index is 1.97. The van der Waals surface area contributed by atoms with Crippen molar-refractivity contribution in [1.29, 1.82) is 0 Å². The summed E-state index contributed by atoms with van der Waals surface area (Å²) in [6, 6.07) is 12.8. The Labute approximate surface area is 133 Å². The highest BCUT2D eigenvalue weighted by Crippen LogP contribution is 2.26. The minimum atomic E-state index is -2.86. The molecule has 0 bridgehead atoms. The Hall–Kier alpha value is -2.14. The van der Waals surface area contributed by atoms with Crippen LogP contribution in [0.25, 0.3) is 0 Å². The van der Waals surface area contributed by atoms with Crippen LogP contribution in [0, 0.1) is 0 Å². The van der Waals surface area contributed by atoms with Crippen LogP contribution in [-0.2, 0) is 12.5 Å². The predicted octanol–water partition coefficient (Wildman–Crippen LogP) is 4.08. The topological polar surface area (TPSA) is 29.1 Å². The van der Waals surface area contributed by atoms with Crippen molar-refractivity contribution in [2.75, 3.05) is 0 Å². The Kier molecular flexibility index (Phi) is 4.98. The molecule has 0 atom stereocenters. The SMILES string of the molecule is CC(F)(F)c1ccc(CNC(=O)c2ccc(C=S)cc2)cc1. The van der Waals surface area contributed by atoms with E-state index in [0.29, 0.717) is 5.56 Å². The highest BCUT2D eigenvalue weighted by molar-refractivity contribution is 7.79. The van der Waals surface area contributed by atoms with Crippen molar-refractivity contribution in [3.8, 4) is 0 Å². The van der Waals surface area contributed by atoms with Gasteiger partial charge in [-0.1, -0.05) is 48.6 Å². The Morgan fingerprint density at radius 3 is 2.23 bits per heavy atom. The van der Waals surface area contributed by atoms with Gasteiger partial charge in [-0.3, -0.25) is 4.79 Å². The zero-order valence-corrected chi connectivity index (χ0v) is 12.8. The van der Waals surface area contributed by atoms with Gasteiger partial charge in [0.25, 0.3) is 11.8 Å². The van der Waals surface area contributed by atoms with Crippen LogP contribution >= 0.6 is 12.2 Å². The van der Waals surface area contributed by atoms with Gasteiger partial charge in [-0.15, -0.1) is 0 Å². The van der Waals surface area contributed by atoms with E-state index in [9.17, 15) is 13.6 Å². The molecule has 1 amide bonds. The fraction of sp³-hybridized carbons (Fsp3) is 0.176. The lowest BCUT2D eigenvalue weighted by Gasteiger charge is -2.11. The Morgan fingerprint density at radius 1 is 1.14 bits per heavy atom. The third kappa shape index (κ3) is 4.18. The van der Waals surface area contributed by atoms with E-state index in [1.165, 1.54) is 17.5 Å². The zero-order valence-electron chi connectivity index (χ0n) is 12.0. The number of rotatable bonds is 5. The summed E-state index contributed by atoms with van der Waals surface area (Å²) in [7, 11) is 0. The monoisotopic (exact) mass is 319 g/mol. The average Bonchev–Trinajstić information content (AvgIpc) is 2.52. The van der Waals surface area contributed by atoms with Crippen LogP contribution in [0.3, 0.4) is 0 Å². The van der Waals surface area contributed by atoms with E-state index >= 15 is 0 Å². The fourth-order valence-electron chi connectivity index (χ4n) is 1.91. The molecule has 0 unspecified atom stereocenters. The van der Waals surface area contributed by atoms with Crippen LogP contribution in [0.1, 0.15) is 34.0 Å². The number of thiocarbonyl (C=S) groups is 1. The minimum Gasteiger partial charge on any atom is -0.348 e. The van der Waals surface area contributed by atoms with Gasteiger partial charge in [-0.2, -0.15) is 0 Å². The highest BCUT2D eigenvalue weighted by atomic mass is 32.1. The number of halogens is 2. The van der Waals surface area contributed by atoms with Crippen molar-refractivity contribution in [3.05, 3.63) is 70.8 Å². The summed E-state index contributed by atoms with van der Waals surface area (Å²) in [5, 5.41) is 4.28. The molecule has 2 aromatic rings. The van der Waals surface area contributed by atoms with Crippen molar-refractivity contribution in [1.82, 2.24) is 5.32 Å². The summed E-state index contributed by atoms with van der Waals surface area (Å²) in [6.07, 6.45) is 0. The van der Waals surface area contributed by atoms with E-state index in [-0.39, 0.29) is 18.0 Å². The smallest absolute Gasteiger partial charge is 0.270 e. The first-order chi connectivity index (χ1) is 10.4. The quantitative estimate of drug-likeness (QED) is 0.842. The summed E-state index contributed by atoms with van der Waals surface area (Å²) in [4.78, 5) is 12.0. The molecule has 2 rings (SSSR count). The molecule has 5 heteroatoms. The molecule has 2 nitrogen and oxygen atoms in total. The van der Waals surface area contributed by atoms with Crippen molar-refractivity contribution in [2.24, 2.45) is 0 Å². The zero-order chi connectivity index (χ0) is 16.2. The van der Waals surface area contributed by atoms with Gasteiger partial charge in [-0.05, 0) is 23.3 Å². The molecule has 0 aliphatic heterocycles. The molecule has 0 aliphatic rings. The lowest BCUT2D eigenvalue weighted by atomic mass is 10.1. The van der Waals surface area contributed by atoms with E-state index in [2.05, 4.69) is 5.32 Å². The van der Waals surface area contributed by atoms with E-state index in [1.54, 1.807) is 36.4 Å². The molecule has 1 N–H and O–H groups in total. The molecule has 114 valence electrons. The molecule has 0 aliphatic carbocycles. The maximum Gasteiger partial charge on any atom is 0.270 e. The van der Waals surface area contributed by atoms with E-state index in [0.717, 1.165) is 18.1 Å². The van der Waals surface area contributed by atoms with Crippen LogP contribution in [0.5, 0.6) is 0 Å². The number of hydrogen-bond acceptors (Lipinski definition) is 2. The third-order valence-electron chi connectivity index (χ3n) is 3.22. The summed E-state index contributed by atoms with van der Waals surface area (Å²) < 4.78 is 26.2. The number of benzene rings is 2. The van der Waals surface area contributed by atoms with Crippen molar-refractivity contribution >= 4 is 23.5 Å². The van der Waals surface area contributed by atoms with Gasteiger partial charge in [0.15, 0.2) is 0 Å². The number of amides is 1. The van der Waals surface area contributed by atoms with Crippen LogP contribution in [0.15, 0.2) is 48.5 Å². The highest BCUT2D eigenvalue weighted by Gasteiger charge is 2.23. The molecule has 0 fully saturated rings. The number of nitrogens with one attached hydrogen (secondary N) is 1. The fourth-order valence-corrected chi connectivity index (χ4v) is 2.07. The van der Waals surface area contributed by atoms with Gasteiger partial charge in [0, 0.05) is 30.0 Å². The van der Waals surface area contributed by atoms with E-state index < -0.39 is 5.92 Å². The summed E-state index contributed by atoms with van der Waals surface area (Å²) in [5.41, 5.74) is 2.11. The minimum absolute atomic E-state index is 0.0432. The summed E-state index contributed by atoms with van der Waals surface area (Å²) >= 11 is 4.80. The molecule has 2 aromatic carbocycles. The molecule has 0 radical (unpaired) electrons. The molecule has 0 spiro atoms. The lowest BCUT2D eigenvalue weighted by molar-refractivity contribution is 0.0174. The van der Waals surface area contributed by atoms with Gasteiger partial charge in [-0.25, -0.2) is 8.78 Å². The number of carbonyl (C=O) groups excluding carboxylic acids is 1. The maximum atomic E-state index is 13.1. The average molecular weight is 319 g/mol. The van der Waals surface area contributed by atoms with E-state index in [1.807, 2.05) is 0 Å². The second kappa shape index (κ2) is 6.75. The molecule has 0 saturated heterocycles. The molecule has 0 heterocycles. The van der Waals surface area contributed by atoms with Crippen molar-refractivity contribution in [2.45, 2.75) is 19.4 Å². The molecular formula is C17H15F2NOS. The number of hydrogen-bond donors (Lipinski definition) is 1. The van der Waals surface area contributed by atoms with Gasteiger partial charge < -0.3 is 5.32 Å². The van der Waals surface area contributed by atoms with Crippen molar-refractivity contribution in [3.63, 3.8) is 0 Å². The van der Waals surface area contributed by atoms with Gasteiger partial charge in [0.2, 0.25) is 0 Å². The molecule has 22 heavy (non-hydrogen) atoms. The summed E-state index contributed by atoms with van der Waals surface area (Å²) in [6.45, 7) is 1.14. The first-order valence-corrected chi connectivity index (χ1v) is 7.18. The van der Waals surface area contributed by atoms with Crippen molar-refractivity contribution < 1.29 is 13.6 Å². The molecular weight excluding hydrogens is 304 g/mol. The molecule has 0 saturated carbocycles. The van der Waals surface area contributed by atoms with E-state index in [4.69, 9.17) is 12.2 Å². The second-order valence-corrected chi connectivity index (χ2v) is 5.24. The standard InChI is InChI=1S/C17H15F2NOS/c1-17(18,19)15-8-4-12(5-9-15)10-20-16(21)14-6-2-13(11-22)3-7-14/h2-9,11H,10H2,1H3,(H,20,21).